The van der Waals surface area contributed by atoms with Gasteiger partial charge >= 0.3 is 5.97 Å². The molecule has 0 aromatic carbocycles. The van der Waals surface area contributed by atoms with Crippen LogP contribution in [0.2, 0.25) is 0 Å². The molecule has 0 aromatic heterocycles. The molecule has 0 amide bonds. The largest absolute Gasteiger partial charge is 0.477 e. The van der Waals surface area contributed by atoms with Gasteiger partial charge < -0.3 is 10.4 Å². The zero-order valence-corrected chi connectivity index (χ0v) is 9.90. The first kappa shape index (κ1) is 12.2. The van der Waals surface area contributed by atoms with Crippen LogP contribution in [0.15, 0.2) is 15.4 Å². The molecule has 0 atom stereocenters. The number of nitrogens with one attached hydrogen (secondary N) is 1. The van der Waals surface area contributed by atoms with Crippen molar-refractivity contribution in [3.8, 4) is 0 Å². The number of carboxylic acid groups (broad SMARTS) is 1. The number of hydrogen-bond acceptors (Lipinski definition) is 5. The molecule has 1 fully saturated rings. The van der Waals surface area contributed by atoms with Crippen LogP contribution in [-0.4, -0.2) is 62.8 Å². The molecule has 0 aliphatic carbocycles. The molecule has 2 aliphatic rings. The Kier molecular flexibility index (Phi) is 3.27. The minimum absolute atomic E-state index is 0.296. The van der Waals surface area contributed by atoms with E-state index in [9.17, 15) is 13.2 Å². The van der Waals surface area contributed by atoms with Crippen molar-refractivity contribution in [3.05, 3.63) is 11.0 Å². The molecule has 17 heavy (non-hydrogen) atoms. The lowest BCUT2D eigenvalue weighted by Crippen LogP contribution is -2.45. The Bertz CT molecular complexity index is 488. The summed E-state index contributed by atoms with van der Waals surface area (Å²) < 4.78 is 26.2. The Morgan fingerprint density at radius 2 is 2.12 bits per heavy atom. The van der Waals surface area contributed by atoms with E-state index in [0.717, 1.165) is 32.3 Å². The van der Waals surface area contributed by atoms with Gasteiger partial charge in [-0.15, -0.1) is 0 Å². The summed E-state index contributed by atoms with van der Waals surface area (Å²) in [5, 5.41) is 11.9. The molecule has 0 aromatic rings. The van der Waals surface area contributed by atoms with E-state index in [0.29, 0.717) is 12.3 Å². The zero-order chi connectivity index (χ0) is 12.5. The summed E-state index contributed by atoms with van der Waals surface area (Å²) in [6.45, 7) is 3.66. The van der Waals surface area contributed by atoms with Crippen molar-refractivity contribution in [1.29, 1.82) is 0 Å². The van der Waals surface area contributed by atoms with Crippen molar-refractivity contribution < 1.29 is 18.3 Å². The highest BCUT2D eigenvalue weighted by molar-refractivity contribution is 7.95. The van der Waals surface area contributed by atoms with E-state index in [2.05, 4.69) is 9.71 Å². The van der Waals surface area contributed by atoms with Crippen LogP contribution < -0.4 is 5.32 Å². The molecular weight excluding hydrogens is 246 g/mol. The van der Waals surface area contributed by atoms with E-state index >= 15 is 0 Å². The van der Waals surface area contributed by atoms with Gasteiger partial charge in [-0.1, -0.05) is 0 Å². The van der Waals surface area contributed by atoms with Crippen LogP contribution in [0.25, 0.3) is 0 Å². The van der Waals surface area contributed by atoms with Gasteiger partial charge in [-0.3, -0.25) is 4.90 Å². The first-order valence-electron chi connectivity index (χ1n) is 5.21. The molecule has 7 nitrogen and oxygen atoms in total. The minimum Gasteiger partial charge on any atom is -0.477 e. The highest BCUT2D eigenvalue weighted by Gasteiger charge is 2.30. The lowest BCUT2D eigenvalue weighted by molar-refractivity contribution is -0.131. The summed E-state index contributed by atoms with van der Waals surface area (Å²) in [7, 11) is -3.98. The zero-order valence-electron chi connectivity index (χ0n) is 9.09. The number of piperazine rings is 1. The molecule has 0 bridgehead atoms. The summed E-state index contributed by atoms with van der Waals surface area (Å²) in [6, 6.07) is 0. The number of hydrogen-bond donors (Lipinski definition) is 2. The SMILES string of the molecule is O=C(O)C1=CC(CN2CCNCC2)=NS1(=O)=O. The second-order valence-corrected chi connectivity index (χ2v) is 5.47. The van der Waals surface area contributed by atoms with Crippen LogP contribution in [0.1, 0.15) is 0 Å². The van der Waals surface area contributed by atoms with Crippen LogP contribution in [-0.2, 0) is 14.8 Å². The minimum atomic E-state index is -3.98. The van der Waals surface area contributed by atoms with Crippen LogP contribution in [0, 0.1) is 0 Å². The van der Waals surface area contributed by atoms with Crippen molar-refractivity contribution in [2.75, 3.05) is 32.7 Å². The second-order valence-electron chi connectivity index (χ2n) is 3.90. The predicted octanol–water partition coefficient (Wildman–Crippen LogP) is -1.36. The molecule has 0 spiro atoms. The van der Waals surface area contributed by atoms with Gasteiger partial charge in [0.15, 0.2) is 4.91 Å². The standard InChI is InChI=1S/C9H13N3O4S/c13-9(14)8-5-7(11-17(8,15)16)6-12-3-1-10-2-4-12/h5,10H,1-4,6H2,(H,13,14). The lowest BCUT2D eigenvalue weighted by atomic mass is 10.2. The van der Waals surface area contributed by atoms with Gasteiger partial charge in [0.05, 0.1) is 5.71 Å². The molecule has 2 aliphatic heterocycles. The van der Waals surface area contributed by atoms with E-state index in [1.54, 1.807) is 0 Å². The van der Waals surface area contributed by atoms with Crippen molar-refractivity contribution in [2.24, 2.45) is 4.40 Å². The molecule has 2 heterocycles. The maximum Gasteiger partial charge on any atom is 0.349 e. The van der Waals surface area contributed by atoms with Gasteiger partial charge in [-0.2, -0.15) is 12.8 Å². The third-order valence-electron chi connectivity index (χ3n) is 2.62. The third kappa shape index (κ3) is 2.71. The van der Waals surface area contributed by atoms with E-state index in [-0.39, 0.29) is 0 Å². The molecule has 2 rings (SSSR count). The smallest absolute Gasteiger partial charge is 0.349 e. The first-order chi connectivity index (χ1) is 7.99. The Morgan fingerprint density at radius 3 is 2.65 bits per heavy atom. The number of nitrogens with zero attached hydrogens (tertiary/aromatic N) is 2. The summed E-state index contributed by atoms with van der Waals surface area (Å²) in [5.41, 5.74) is 0.296. The average molecular weight is 259 g/mol. The fraction of sp³-hybridized carbons (Fsp3) is 0.556. The highest BCUT2D eigenvalue weighted by atomic mass is 32.2. The summed E-state index contributed by atoms with van der Waals surface area (Å²) in [5.74, 6) is -1.45. The molecule has 2 N–H and O–H groups in total. The third-order valence-corrected chi connectivity index (χ3v) is 3.94. The van der Waals surface area contributed by atoms with Crippen LogP contribution >= 0.6 is 0 Å². The van der Waals surface area contributed by atoms with Gasteiger partial charge in [0.2, 0.25) is 0 Å². The number of carboxylic acids is 1. The fourth-order valence-corrected chi connectivity index (χ4v) is 2.82. The summed E-state index contributed by atoms with van der Waals surface area (Å²) >= 11 is 0. The summed E-state index contributed by atoms with van der Waals surface area (Å²) in [6.07, 6.45) is 1.14. The average Bonchev–Trinajstić information content (AvgIpc) is 2.55. The lowest BCUT2D eigenvalue weighted by Gasteiger charge is -2.26. The molecule has 1 saturated heterocycles. The van der Waals surface area contributed by atoms with Crippen LogP contribution in [0.3, 0.4) is 0 Å². The summed E-state index contributed by atoms with van der Waals surface area (Å²) in [4.78, 5) is 12.1. The number of sulfonamides is 1. The molecular formula is C9H13N3O4S. The van der Waals surface area contributed by atoms with Gasteiger partial charge in [-0.25, -0.2) is 4.79 Å². The van der Waals surface area contributed by atoms with Gasteiger partial charge in [-0.05, 0) is 6.08 Å². The van der Waals surface area contributed by atoms with Gasteiger partial charge in [0, 0.05) is 32.7 Å². The maximum absolute atomic E-state index is 11.4. The topological polar surface area (TPSA) is 99.1 Å². The molecule has 94 valence electrons. The number of aliphatic carboxylic acids is 1. The monoisotopic (exact) mass is 259 g/mol. The number of rotatable bonds is 3. The van der Waals surface area contributed by atoms with Crippen molar-refractivity contribution >= 4 is 21.7 Å². The van der Waals surface area contributed by atoms with E-state index < -0.39 is 20.9 Å². The molecule has 0 saturated carbocycles. The normalized spacial score (nSPS) is 24.2. The maximum atomic E-state index is 11.4. The van der Waals surface area contributed by atoms with Crippen LogP contribution in [0.5, 0.6) is 0 Å². The molecule has 0 radical (unpaired) electrons. The van der Waals surface area contributed by atoms with Crippen molar-refractivity contribution in [3.63, 3.8) is 0 Å². The highest BCUT2D eigenvalue weighted by Crippen LogP contribution is 2.17. The molecule has 0 unspecified atom stereocenters. The van der Waals surface area contributed by atoms with Crippen molar-refractivity contribution in [1.82, 2.24) is 10.2 Å². The van der Waals surface area contributed by atoms with Crippen LogP contribution in [0.4, 0.5) is 0 Å². The van der Waals surface area contributed by atoms with Crippen molar-refractivity contribution in [2.45, 2.75) is 0 Å². The van der Waals surface area contributed by atoms with E-state index in [1.807, 2.05) is 4.90 Å². The predicted molar refractivity (Wildman–Crippen MR) is 61.4 cm³/mol. The quantitative estimate of drug-likeness (QED) is 0.650. The van der Waals surface area contributed by atoms with E-state index in [4.69, 9.17) is 5.11 Å². The molecule has 8 heteroatoms. The Morgan fingerprint density at radius 1 is 1.47 bits per heavy atom. The van der Waals surface area contributed by atoms with Gasteiger partial charge in [0.25, 0.3) is 10.0 Å². The fourth-order valence-electron chi connectivity index (χ4n) is 1.80. The first-order valence-corrected chi connectivity index (χ1v) is 6.65. The van der Waals surface area contributed by atoms with Gasteiger partial charge in [0.1, 0.15) is 0 Å². The van der Waals surface area contributed by atoms with E-state index in [1.165, 1.54) is 0 Å². The Hall–Kier alpha value is -1.25. The Labute approximate surface area is 98.9 Å². The number of carbonyl (C=O) groups is 1. The second kappa shape index (κ2) is 4.55. The Balaban J connectivity index is 2.10.